The molecule has 0 unspecified atom stereocenters. The van der Waals surface area contributed by atoms with E-state index in [1.54, 1.807) is 0 Å². The van der Waals surface area contributed by atoms with Gasteiger partial charge in [-0.3, -0.25) is 9.97 Å². The van der Waals surface area contributed by atoms with Gasteiger partial charge in [0.15, 0.2) is 0 Å². The molecule has 0 aliphatic rings. The van der Waals surface area contributed by atoms with Gasteiger partial charge in [0, 0.05) is 29.9 Å². The zero-order chi connectivity index (χ0) is 15.3. The van der Waals surface area contributed by atoms with Crippen molar-refractivity contribution in [1.82, 2.24) is 19.5 Å². The normalized spacial score (nSPS) is 11.4. The van der Waals surface area contributed by atoms with Crippen LogP contribution in [0.5, 0.6) is 0 Å². The number of rotatable bonds is 1. The standard InChI is InChI=1S/C18H16N4/c1-11-4-5-14-8-13(6-7-16(14)20-11)15-9-19-10-17-18(15)22(3)12(2)21-17/h4-10H,1-3H3. The molecule has 4 nitrogen and oxygen atoms in total. The van der Waals surface area contributed by atoms with Crippen LogP contribution in [0.1, 0.15) is 11.5 Å². The molecule has 4 aromatic rings. The summed E-state index contributed by atoms with van der Waals surface area (Å²) in [4.78, 5) is 13.5. The molecule has 3 heterocycles. The number of aromatic nitrogens is 4. The van der Waals surface area contributed by atoms with Crippen LogP contribution < -0.4 is 0 Å². The van der Waals surface area contributed by atoms with Crippen LogP contribution in [-0.2, 0) is 7.05 Å². The summed E-state index contributed by atoms with van der Waals surface area (Å²) in [6.07, 6.45) is 3.73. The second-order valence-corrected chi connectivity index (χ2v) is 5.63. The molecule has 4 rings (SSSR count). The highest BCUT2D eigenvalue weighted by atomic mass is 15.1. The first-order valence-electron chi connectivity index (χ1n) is 7.28. The Morgan fingerprint density at radius 3 is 2.64 bits per heavy atom. The molecule has 0 amide bonds. The van der Waals surface area contributed by atoms with E-state index in [2.05, 4.69) is 43.8 Å². The van der Waals surface area contributed by atoms with E-state index in [1.807, 2.05) is 39.4 Å². The first-order valence-corrected chi connectivity index (χ1v) is 7.28. The molecule has 3 aromatic heterocycles. The molecule has 4 heteroatoms. The van der Waals surface area contributed by atoms with E-state index in [-0.39, 0.29) is 0 Å². The largest absolute Gasteiger partial charge is 0.331 e. The Hall–Kier alpha value is -2.75. The molecular formula is C18H16N4. The van der Waals surface area contributed by atoms with Crippen molar-refractivity contribution < 1.29 is 0 Å². The lowest BCUT2D eigenvalue weighted by molar-refractivity contribution is 0.886. The SMILES string of the molecule is Cc1ccc2cc(-c3cncc4nc(C)n(C)c34)ccc2n1. The number of fused-ring (bicyclic) bond motifs is 2. The van der Waals surface area contributed by atoms with E-state index in [0.29, 0.717) is 0 Å². The quantitative estimate of drug-likeness (QED) is 0.535. The van der Waals surface area contributed by atoms with Crippen molar-refractivity contribution in [2.24, 2.45) is 7.05 Å². The summed E-state index contributed by atoms with van der Waals surface area (Å²) in [6, 6.07) is 10.5. The molecule has 0 N–H and O–H groups in total. The fourth-order valence-electron chi connectivity index (χ4n) is 2.89. The average Bonchev–Trinajstić information content (AvgIpc) is 2.82. The van der Waals surface area contributed by atoms with Gasteiger partial charge in [-0.15, -0.1) is 0 Å². The highest BCUT2D eigenvalue weighted by Gasteiger charge is 2.11. The lowest BCUT2D eigenvalue weighted by atomic mass is 10.0. The van der Waals surface area contributed by atoms with Crippen LogP contribution in [0.15, 0.2) is 42.7 Å². The van der Waals surface area contributed by atoms with Gasteiger partial charge in [-0.1, -0.05) is 12.1 Å². The van der Waals surface area contributed by atoms with Crippen molar-refractivity contribution in [3.8, 4) is 11.1 Å². The molecule has 0 fully saturated rings. The lowest BCUT2D eigenvalue weighted by Gasteiger charge is -2.07. The van der Waals surface area contributed by atoms with Crippen LogP contribution in [0, 0.1) is 13.8 Å². The summed E-state index contributed by atoms with van der Waals surface area (Å²) in [7, 11) is 2.04. The zero-order valence-electron chi connectivity index (χ0n) is 12.8. The predicted molar refractivity (Wildman–Crippen MR) is 88.7 cm³/mol. The molecule has 0 aliphatic carbocycles. The molecule has 0 saturated heterocycles. The van der Waals surface area contributed by atoms with Crippen molar-refractivity contribution in [2.45, 2.75) is 13.8 Å². The Morgan fingerprint density at radius 2 is 1.77 bits per heavy atom. The minimum absolute atomic E-state index is 0.930. The Labute approximate surface area is 128 Å². The van der Waals surface area contributed by atoms with E-state index in [4.69, 9.17) is 0 Å². The number of imidazole rings is 1. The van der Waals surface area contributed by atoms with Gasteiger partial charge in [-0.2, -0.15) is 0 Å². The van der Waals surface area contributed by atoms with Crippen LogP contribution in [0.25, 0.3) is 33.1 Å². The third kappa shape index (κ3) is 1.88. The average molecular weight is 288 g/mol. The van der Waals surface area contributed by atoms with Gasteiger partial charge in [0.25, 0.3) is 0 Å². The van der Waals surface area contributed by atoms with E-state index in [1.165, 1.54) is 0 Å². The van der Waals surface area contributed by atoms with E-state index < -0.39 is 0 Å². The van der Waals surface area contributed by atoms with E-state index in [9.17, 15) is 0 Å². The summed E-state index contributed by atoms with van der Waals surface area (Å²) >= 11 is 0. The maximum atomic E-state index is 4.56. The highest BCUT2D eigenvalue weighted by Crippen LogP contribution is 2.29. The third-order valence-electron chi connectivity index (χ3n) is 4.14. The van der Waals surface area contributed by atoms with Crippen molar-refractivity contribution in [1.29, 1.82) is 0 Å². The van der Waals surface area contributed by atoms with Crippen LogP contribution in [0.4, 0.5) is 0 Å². The molecule has 0 atom stereocenters. The van der Waals surface area contributed by atoms with Gasteiger partial charge in [0.2, 0.25) is 0 Å². The Bertz CT molecular complexity index is 1010. The summed E-state index contributed by atoms with van der Waals surface area (Å²) in [5.74, 6) is 0.988. The van der Waals surface area contributed by atoms with Gasteiger partial charge in [-0.05, 0) is 37.6 Å². The van der Waals surface area contributed by atoms with Crippen LogP contribution in [0.2, 0.25) is 0 Å². The Kier molecular flexibility index (Phi) is 2.73. The summed E-state index contributed by atoms with van der Waals surface area (Å²) < 4.78 is 2.12. The molecule has 0 spiro atoms. The maximum absolute atomic E-state index is 4.56. The molecule has 1 aromatic carbocycles. The van der Waals surface area contributed by atoms with Crippen LogP contribution >= 0.6 is 0 Å². The molecule has 22 heavy (non-hydrogen) atoms. The smallest absolute Gasteiger partial charge is 0.108 e. The first-order chi connectivity index (χ1) is 10.6. The molecule has 0 radical (unpaired) electrons. The minimum Gasteiger partial charge on any atom is -0.331 e. The Balaban J connectivity index is 2.00. The highest BCUT2D eigenvalue weighted by molar-refractivity contribution is 5.94. The van der Waals surface area contributed by atoms with E-state index in [0.717, 1.165) is 44.6 Å². The summed E-state index contributed by atoms with van der Waals surface area (Å²) in [6.45, 7) is 4.02. The van der Waals surface area contributed by atoms with Crippen molar-refractivity contribution in [2.75, 3.05) is 0 Å². The van der Waals surface area contributed by atoms with Gasteiger partial charge < -0.3 is 4.57 Å². The molecule has 0 saturated carbocycles. The lowest BCUT2D eigenvalue weighted by Crippen LogP contribution is -1.93. The second kappa shape index (κ2) is 4.63. The third-order valence-corrected chi connectivity index (χ3v) is 4.14. The molecule has 0 aliphatic heterocycles. The zero-order valence-corrected chi connectivity index (χ0v) is 12.8. The van der Waals surface area contributed by atoms with Crippen molar-refractivity contribution >= 4 is 21.9 Å². The molecule has 108 valence electrons. The molecular weight excluding hydrogens is 272 g/mol. The fourth-order valence-corrected chi connectivity index (χ4v) is 2.89. The van der Waals surface area contributed by atoms with Crippen molar-refractivity contribution in [3.63, 3.8) is 0 Å². The number of hydrogen-bond donors (Lipinski definition) is 0. The first kappa shape index (κ1) is 13.0. The summed E-state index contributed by atoms with van der Waals surface area (Å²) in [5, 5.41) is 1.14. The monoisotopic (exact) mass is 288 g/mol. The molecule has 0 bridgehead atoms. The van der Waals surface area contributed by atoms with Gasteiger partial charge in [-0.25, -0.2) is 4.98 Å². The van der Waals surface area contributed by atoms with Crippen molar-refractivity contribution in [3.05, 3.63) is 54.2 Å². The van der Waals surface area contributed by atoms with Crippen LogP contribution in [-0.4, -0.2) is 19.5 Å². The number of hydrogen-bond acceptors (Lipinski definition) is 3. The summed E-state index contributed by atoms with van der Waals surface area (Å²) in [5.41, 5.74) is 6.34. The Morgan fingerprint density at radius 1 is 0.909 bits per heavy atom. The number of aryl methyl sites for hydroxylation is 3. The van der Waals surface area contributed by atoms with E-state index >= 15 is 0 Å². The fraction of sp³-hybridized carbons (Fsp3) is 0.167. The predicted octanol–water partition coefficient (Wildman–Crippen LogP) is 3.80. The maximum Gasteiger partial charge on any atom is 0.108 e. The minimum atomic E-state index is 0.930. The number of pyridine rings is 2. The second-order valence-electron chi connectivity index (χ2n) is 5.63. The van der Waals surface area contributed by atoms with Gasteiger partial charge >= 0.3 is 0 Å². The number of nitrogens with zero attached hydrogens (tertiary/aromatic N) is 4. The van der Waals surface area contributed by atoms with Crippen LogP contribution in [0.3, 0.4) is 0 Å². The van der Waals surface area contributed by atoms with Gasteiger partial charge in [0.1, 0.15) is 11.3 Å². The van der Waals surface area contributed by atoms with Gasteiger partial charge in [0.05, 0.1) is 17.2 Å². The number of benzene rings is 1. The topological polar surface area (TPSA) is 43.6 Å².